The van der Waals surface area contributed by atoms with Crippen LogP contribution in [0.15, 0.2) is 75.9 Å². The maximum absolute atomic E-state index is 12.7. The summed E-state index contributed by atoms with van der Waals surface area (Å²) in [5, 5.41) is 0. The van der Waals surface area contributed by atoms with Gasteiger partial charge < -0.3 is 18.8 Å². The Bertz CT molecular complexity index is 1100. The molecule has 1 aliphatic heterocycles. The van der Waals surface area contributed by atoms with E-state index in [-0.39, 0.29) is 12.0 Å². The van der Waals surface area contributed by atoms with Crippen molar-refractivity contribution in [3.8, 4) is 11.5 Å². The van der Waals surface area contributed by atoms with Crippen LogP contribution in [-0.2, 0) is 17.8 Å². The van der Waals surface area contributed by atoms with Crippen LogP contribution in [0.3, 0.4) is 0 Å². The minimum absolute atomic E-state index is 0.00122. The molecule has 1 amide bonds. The minimum Gasteiger partial charge on any atom is -0.490 e. The molecule has 6 heteroatoms. The number of likely N-dealkylation sites (tertiary alicyclic amines) is 1. The van der Waals surface area contributed by atoms with Gasteiger partial charge in [-0.15, -0.1) is 0 Å². The third-order valence-electron chi connectivity index (χ3n) is 5.76. The molecular weight excluding hydrogens is 418 g/mol. The second-order valence-electron chi connectivity index (χ2n) is 8.34. The van der Waals surface area contributed by atoms with Crippen molar-refractivity contribution in [3.63, 3.8) is 0 Å². The first kappa shape index (κ1) is 22.6. The van der Waals surface area contributed by atoms with E-state index in [0.717, 1.165) is 29.7 Å². The topological polar surface area (TPSA) is 69.0 Å². The Labute approximate surface area is 193 Å². The second-order valence-corrected chi connectivity index (χ2v) is 8.34. The molecule has 1 saturated heterocycles. The quantitative estimate of drug-likeness (QED) is 0.508. The number of nitrogens with zero attached hydrogens (tertiary/aromatic N) is 1. The average Bonchev–Trinajstić information content (AvgIpc) is 2.82. The number of ether oxygens (including phenoxy) is 2. The molecule has 0 bridgehead atoms. The first-order chi connectivity index (χ1) is 16.0. The van der Waals surface area contributed by atoms with Crippen molar-refractivity contribution < 1.29 is 18.7 Å². The van der Waals surface area contributed by atoms with Gasteiger partial charge in [-0.3, -0.25) is 4.79 Å². The summed E-state index contributed by atoms with van der Waals surface area (Å²) in [5.41, 5.74) is 1.84. The lowest BCUT2D eigenvalue weighted by Crippen LogP contribution is -2.41. The smallest absolute Gasteiger partial charge is 0.339 e. The van der Waals surface area contributed by atoms with Gasteiger partial charge in [0.1, 0.15) is 30.0 Å². The van der Waals surface area contributed by atoms with E-state index in [2.05, 4.69) is 0 Å². The summed E-state index contributed by atoms with van der Waals surface area (Å²) in [4.78, 5) is 26.0. The molecule has 4 rings (SSSR count). The van der Waals surface area contributed by atoms with Crippen LogP contribution < -0.4 is 15.1 Å². The number of piperidine rings is 1. The van der Waals surface area contributed by atoms with Crippen LogP contribution in [0.4, 0.5) is 0 Å². The molecule has 2 aromatic carbocycles. The lowest BCUT2D eigenvalue weighted by Gasteiger charge is -2.32. The number of aryl methyl sites for hydroxylation is 2. The third-order valence-corrected chi connectivity index (χ3v) is 5.76. The highest BCUT2D eigenvalue weighted by molar-refractivity contribution is 5.76. The van der Waals surface area contributed by atoms with Crippen molar-refractivity contribution in [3.05, 3.63) is 94.0 Å². The molecule has 172 valence electrons. The number of amides is 1. The van der Waals surface area contributed by atoms with E-state index in [1.165, 1.54) is 6.07 Å². The van der Waals surface area contributed by atoms with Crippen LogP contribution >= 0.6 is 0 Å². The number of carbonyl (C=O) groups excluding carboxylic acids is 1. The van der Waals surface area contributed by atoms with Gasteiger partial charge in [0.25, 0.3) is 0 Å². The van der Waals surface area contributed by atoms with E-state index < -0.39 is 5.63 Å². The highest BCUT2D eigenvalue weighted by Crippen LogP contribution is 2.20. The molecule has 6 nitrogen and oxygen atoms in total. The van der Waals surface area contributed by atoms with E-state index >= 15 is 0 Å². The molecule has 1 aromatic heterocycles. The molecule has 0 unspecified atom stereocenters. The Balaban J connectivity index is 1.19. The molecule has 1 aliphatic rings. The third kappa shape index (κ3) is 6.72. The van der Waals surface area contributed by atoms with Crippen LogP contribution in [0.1, 0.15) is 36.1 Å². The lowest BCUT2D eigenvalue weighted by molar-refractivity contribution is -0.132. The monoisotopic (exact) mass is 447 g/mol. The number of rotatable bonds is 8. The van der Waals surface area contributed by atoms with E-state index in [1.54, 1.807) is 13.0 Å². The zero-order valence-electron chi connectivity index (χ0n) is 18.9. The van der Waals surface area contributed by atoms with E-state index in [0.29, 0.717) is 44.0 Å². The first-order valence-corrected chi connectivity index (χ1v) is 11.4. The number of hydrogen-bond donors (Lipinski definition) is 0. The van der Waals surface area contributed by atoms with E-state index in [1.807, 2.05) is 59.5 Å². The van der Waals surface area contributed by atoms with Gasteiger partial charge in [-0.05, 0) is 36.6 Å². The first-order valence-electron chi connectivity index (χ1n) is 11.4. The number of carbonyl (C=O) groups is 1. The van der Waals surface area contributed by atoms with Gasteiger partial charge in [0, 0.05) is 38.4 Å². The fraction of sp³-hybridized carbons (Fsp3) is 0.333. The van der Waals surface area contributed by atoms with Gasteiger partial charge in [-0.2, -0.15) is 0 Å². The molecule has 0 atom stereocenters. The summed E-state index contributed by atoms with van der Waals surface area (Å²) < 4.78 is 16.7. The highest BCUT2D eigenvalue weighted by atomic mass is 16.5. The molecule has 1 fully saturated rings. The molecule has 0 N–H and O–H groups in total. The molecular formula is C27H29NO5. The average molecular weight is 448 g/mol. The van der Waals surface area contributed by atoms with Crippen LogP contribution in [0.5, 0.6) is 11.5 Å². The van der Waals surface area contributed by atoms with E-state index in [4.69, 9.17) is 13.9 Å². The number of benzene rings is 2. The summed E-state index contributed by atoms with van der Waals surface area (Å²) in [6, 6.07) is 21.1. The second kappa shape index (κ2) is 10.9. The fourth-order valence-corrected chi connectivity index (χ4v) is 3.96. The largest absolute Gasteiger partial charge is 0.490 e. The Hall–Kier alpha value is -3.54. The van der Waals surface area contributed by atoms with Crippen molar-refractivity contribution >= 4 is 5.91 Å². The van der Waals surface area contributed by atoms with Crippen LogP contribution in [0.2, 0.25) is 0 Å². The SMILES string of the molecule is Cc1cc(OC2CCN(C(=O)CCc3ccc(OCc4ccccc4)cc3)CC2)cc(=O)o1. The predicted molar refractivity (Wildman–Crippen MR) is 125 cm³/mol. The maximum atomic E-state index is 12.7. The molecule has 3 aromatic rings. The van der Waals surface area contributed by atoms with Gasteiger partial charge in [0.05, 0.1) is 6.07 Å². The van der Waals surface area contributed by atoms with Crippen molar-refractivity contribution in [1.82, 2.24) is 4.90 Å². The zero-order chi connectivity index (χ0) is 23.0. The Kier molecular flexibility index (Phi) is 7.45. The van der Waals surface area contributed by atoms with Crippen molar-refractivity contribution in [1.29, 1.82) is 0 Å². The normalized spacial score (nSPS) is 14.2. The molecule has 0 aliphatic carbocycles. The van der Waals surface area contributed by atoms with Crippen LogP contribution in [-0.4, -0.2) is 30.0 Å². The van der Waals surface area contributed by atoms with Gasteiger partial charge in [0.15, 0.2) is 0 Å². The van der Waals surface area contributed by atoms with Crippen LogP contribution in [0.25, 0.3) is 0 Å². The summed E-state index contributed by atoms with van der Waals surface area (Å²) >= 11 is 0. The van der Waals surface area contributed by atoms with Crippen LogP contribution in [0, 0.1) is 6.92 Å². The standard InChI is InChI=1S/C27H29NO5/c1-20-17-25(18-27(30)32-20)33-24-13-15-28(16-14-24)26(29)12-9-21-7-10-23(11-8-21)31-19-22-5-3-2-4-6-22/h2-8,10-11,17-18,24H,9,12-16,19H2,1H3. The molecule has 0 saturated carbocycles. The van der Waals surface area contributed by atoms with E-state index in [9.17, 15) is 9.59 Å². The Morgan fingerprint density at radius 3 is 2.39 bits per heavy atom. The minimum atomic E-state index is -0.409. The van der Waals surface area contributed by atoms with Crippen molar-refractivity contribution in [2.45, 2.75) is 45.3 Å². The van der Waals surface area contributed by atoms with Gasteiger partial charge in [0.2, 0.25) is 5.91 Å². The van der Waals surface area contributed by atoms with Crippen molar-refractivity contribution in [2.24, 2.45) is 0 Å². The molecule has 2 heterocycles. The summed E-state index contributed by atoms with van der Waals surface area (Å²) in [6.45, 7) is 3.59. The fourth-order valence-electron chi connectivity index (χ4n) is 3.96. The van der Waals surface area contributed by atoms with Crippen molar-refractivity contribution in [2.75, 3.05) is 13.1 Å². The molecule has 0 spiro atoms. The van der Waals surface area contributed by atoms with Gasteiger partial charge >= 0.3 is 5.63 Å². The lowest BCUT2D eigenvalue weighted by atomic mass is 10.1. The van der Waals surface area contributed by atoms with Gasteiger partial charge in [-0.1, -0.05) is 42.5 Å². The zero-order valence-corrected chi connectivity index (χ0v) is 18.9. The van der Waals surface area contributed by atoms with Gasteiger partial charge in [-0.25, -0.2) is 4.79 Å². The predicted octanol–water partition coefficient (Wildman–Crippen LogP) is 4.53. The summed E-state index contributed by atoms with van der Waals surface area (Å²) in [6.07, 6.45) is 2.68. The summed E-state index contributed by atoms with van der Waals surface area (Å²) in [7, 11) is 0. The highest BCUT2D eigenvalue weighted by Gasteiger charge is 2.24. The maximum Gasteiger partial charge on any atom is 0.339 e. The summed E-state index contributed by atoms with van der Waals surface area (Å²) in [5.74, 6) is 2.04. The molecule has 0 radical (unpaired) electrons. The Morgan fingerprint density at radius 1 is 0.970 bits per heavy atom. The molecule has 33 heavy (non-hydrogen) atoms. The Morgan fingerprint density at radius 2 is 1.70 bits per heavy atom. The number of hydrogen-bond acceptors (Lipinski definition) is 5.